The van der Waals surface area contributed by atoms with Gasteiger partial charge in [0, 0.05) is 11.8 Å². The number of azide groups is 1. The summed E-state index contributed by atoms with van der Waals surface area (Å²) < 4.78 is 5.32. The molecule has 0 atom stereocenters. The zero-order valence-electron chi connectivity index (χ0n) is 7.98. The van der Waals surface area contributed by atoms with Crippen LogP contribution in [0.1, 0.15) is 20.8 Å². The predicted molar refractivity (Wildman–Crippen MR) is 52.3 cm³/mol. The molecule has 0 aromatic heterocycles. The minimum Gasteiger partial charge on any atom is -0.364 e. The fourth-order valence-electron chi connectivity index (χ4n) is 0.520. The van der Waals surface area contributed by atoms with Gasteiger partial charge >= 0.3 is 0 Å². The van der Waals surface area contributed by atoms with Crippen molar-refractivity contribution in [3.63, 3.8) is 0 Å². The lowest BCUT2D eigenvalue weighted by molar-refractivity contribution is -0.109. The molecular formula is C7H13N3O2S. The van der Waals surface area contributed by atoms with E-state index in [2.05, 4.69) is 10.0 Å². The lowest BCUT2D eigenvalue weighted by Gasteiger charge is -2.22. The second-order valence-corrected chi connectivity index (χ2v) is 4.15. The highest BCUT2D eigenvalue weighted by Gasteiger charge is 2.17. The predicted octanol–water partition coefficient (Wildman–Crippen LogP) is 2.33. The molecule has 0 spiro atoms. The van der Waals surface area contributed by atoms with E-state index in [1.165, 1.54) is 6.92 Å². The van der Waals surface area contributed by atoms with E-state index in [0.29, 0.717) is 5.94 Å². The Morgan fingerprint density at radius 1 is 1.69 bits per heavy atom. The first kappa shape index (κ1) is 12.3. The van der Waals surface area contributed by atoms with Gasteiger partial charge in [-0.25, -0.2) is 0 Å². The highest BCUT2D eigenvalue weighted by molar-refractivity contribution is 8.13. The van der Waals surface area contributed by atoms with Gasteiger partial charge in [-0.1, -0.05) is 16.9 Å². The summed E-state index contributed by atoms with van der Waals surface area (Å²) in [6.07, 6.45) is 0. The normalized spacial score (nSPS) is 10.7. The second kappa shape index (κ2) is 5.85. The zero-order chi connectivity index (χ0) is 10.3. The molecule has 5 nitrogen and oxygen atoms in total. The lowest BCUT2D eigenvalue weighted by atomic mass is 10.1. The SMILES string of the molecule is CC(=O)SCOC(C)(C)CN=[N+]=[N-]. The maximum Gasteiger partial charge on any atom is 0.188 e. The van der Waals surface area contributed by atoms with Crippen LogP contribution < -0.4 is 0 Å². The monoisotopic (exact) mass is 203 g/mol. The first-order valence-electron chi connectivity index (χ1n) is 3.76. The van der Waals surface area contributed by atoms with Crippen molar-refractivity contribution in [2.75, 3.05) is 12.5 Å². The zero-order valence-corrected chi connectivity index (χ0v) is 8.80. The van der Waals surface area contributed by atoms with Gasteiger partial charge in [0.2, 0.25) is 0 Å². The highest BCUT2D eigenvalue weighted by atomic mass is 32.2. The quantitative estimate of drug-likeness (QED) is 0.298. The molecule has 0 unspecified atom stereocenters. The summed E-state index contributed by atoms with van der Waals surface area (Å²) in [6, 6.07) is 0. The molecule has 0 aliphatic rings. The lowest BCUT2D eigenvalue weighted by Crippen LogP contribution is -2.27. The van der Waals surface area contributed by atoms with E-state index in [4.69, 9.17) is 10.3 Å². The Morgan fingerprint density at radius 3 is 2.77 bits per heavy atom. The Balaban J connectivity index is 3.74. The van der Waals surface area contributed by atoms with Crippen LogP contribution in [-0.4, -0.2) is 23.2 Å². The van der Waals surface area contributed by atoms with Crippen LogP contribution in [0.25, 0.3) is 10.4 Å². The maximum atomic E-state index is 10.5. The molecule has 0 aromatic carbocycles. The third kappa shape index (κ3) is 7.64. The fraction of sp³-hybridized carbons (Fsp3) is 0.857. The van der Waals surface area contributed by atoms with Gasteiger partial charge in [-0.2, -0.15) is 0 Å². The smallest absolute Gasteiger partial charge is 0.188 e. The van der Waals surface area contributed by atoms with Gasteiger partial charge in [0.25, 0.3) is 0 Å². The first-order chi connectivity index (χ1) is 5.98. The van der Waals surface area contributed by atoms with Crippen LogP contribution in [-0.2, 0) is 9.53 Å². The Kier molecular flexibility index (Phi) is 5.53. The molecule has 0 bridgehead atoms. The van der Waals surface area contributed by atoms with E-state index in [1.54, 1.807) is 0 Å². The molecule has 0 rings (SSSR count). The van der Waals surface area contributed by atoms with E-state index in [9.17, 15) is 4.79 Å². The number of hydrogen-bond acceptors (Lipinski definition) is 4. The van der Waals surface area contributed by atoms with Crippen molar-refractivity contribution in [2.24, 2.45) is 5.11 Å². The van der Waals surface area contributed by atoms with Crippen LogP contribution in [0.15, 0.2) is 5.11 Å². The number of ether oxygens (including phenoxy) is 1. The summed E-state index contributed by atoms with van der Waals surface area (Å²) in [7, 11) is 0. The van der Waals surface area contributed by atoms with Crippen LogP contribution in [0.3, 0.4) is 0 Å². The Hall–Kier alpha value is -0.710. The topological polar surface area (TPSA) is 75.1 Å². The summed E-state index contributed by atoms with van der Waals surface area (Å²) >= 11 is 1.10. The molecule has 0 aliphatic carbocycles. The van der Waals surface area contributed by atoms with Crippen LogP contribution in [0, 0.1) is 0 Å². The van der Waals surface area contributed by atoms with Gasteiger partial charge in [0.15, 0.2) is 5.12 Å². The van der Waals surface area contributed by atoms with Gasteiger partial charge < -0.3 is 4.74 Å². The van der Waals surface area contributed by atoms with Crippen molar-refractivity contribution in [3.8, 4) is 0 Å². The summed E-state index contributed by atoms with van der Waals surface area (Å²) in [4.78, 5) is 13.2. The van der Waals surface area contributed by atoms with Crippen molar-refractivity contribution < 1.29 is 9.53 Å². The van der Waals surface area contributed by atoms with Crippen molar-refractivity contribution in [2.45, 2.75) is 26.4 Å². The van der Waals surface area contributed by atoms with Crippen LogP contribution >= 0.6 is 11.8 Å². The minimum atomic E-state index is -0.505. The van der Waals surface area contributed by atoms with Crippen molar-refractivity contribution in [1.29, 1.82) is 0 Å². The number of hydrogen-bond donors (Lipinski definition) is 0. The Morgan fingerprint density at radius 2 is 2.31 bits per heavy atom. The van der Waals surface area contributed by atoms with Gasteiger partial charge in [-0.05, 0) is 19.4 Å². The second-order valence-electron chi connectivity index (χ2n) is 3.05. The molecule has 0 heterocycles. The van der Waals surface area contributed by atoms with Gasteiger partial charge in [-0.3, -0.25) is 4.79 Å². The Bertz CT molecular complexity index is 224. The van der Waals surface area contributed by atoms with E-state index >= 15 is 0 Å². The average molecular weight is 203 g/mol. The molecule has 74 valence electrons. The van der Waals surface area contributed by atoms with E-state index in [0.717, 1.165) is 11.8 Å². The average Bonchev–Trinajstić information content (AvgIpc) is 2.00. The van der Waals surface area contributed by atoms with Gasteiger partial charge in [-0.15, -0.1) is 0 Å². The van der Waals surface area contributed by atoms with Crippen molar-refractivity contribution in [1.82, 2.24) is 0 Å². The third-order valence-electron chi connectivity index (χ3n) is 1.23. The van der Waals surface area contributed by atoms with E-state index in [-0.39, 0.29) is 11.7 Å². The van der Waals surface area contributed by atoms with Gasteiger partial charge in [0.05, 0.1) is 12.1 Å². The molecule has 0 aromatic rings. The summed E-state index contributed by atoms with van der Waals surface area (Å²) in [6.45, 7) is 5.36. The molecule has 0 radical (unpaired) electrons. The molecule has 0 N–H and O–H groups in total. The van der Waals surface area contributed by atoms with E-state index in [1.807, 2.05) is 13.8 Å². The molecule has 0 amide bonds. The van der Waals surface area contributed by atoms with Crippen molar-refractivity contribution in [3.05, 3.63) is 10.4 Å². The number of thioether (sulfide) groups is 1. The van der Waals surface area contributed by atoms with Crippen molar-refractivity contribution >= 4 is 16.9 Å². The highest BCUT2D eigenvalue weighted by Crippen LogP contribution is 2.13. The maximum absolute atomic E-state index is 10.5. The molecule has 0 aliphatic heterocycles. The van der Waals surface area contributed by atoms with Gasteiger partial charge in [0.1, 0.15) is 5.94 Å². The largest absolute Gasteiger partial charge is 0.364 e. The summed E-state index contributed by atoms with van der Waals surface area (Å²) in [5.41, 5.74) is 7.58. The molecule has 13 heavy (non-hydrogen) atoms. The summed E-state index contributed by atoms with van der Waals surface area (Å²) in [5, 5.41) is 3.42. The molecule has 0 saturated carbocycles. The fourth-order valence-corrected chi connectivity index (χ4v) is 1.06. The molecule has 6 heteroatoms. The Labute approximate surface area is 81.5 Å². The third-order valence-corrected chi connectivity index (χ3v) is 1.87. The number of nitrogens with zero attached hydrogens (tertiary/aromatic N) is 3. The molecule has 0 saturated heterocycles. The number of carbonyl (C=O) groups excluding carboxylic acids is 1. The number of rotatable bonds is 5. The van der Waals surface area contributed by atoms with Crippen LogP contribution in [0.4, 0.5) is 0 Å². The summed E-state index contributed by atoms with van der Waals surface area (Å²) in [5.74, 6) is 0.295. The molecule has 0 fully saturated rings. The van der Waals surface area contributed by atoms with E-state index < -0.39 is 5.60 Å². The number of carbonyl (C=O) groups is 1. The first-order valence-corrected chi connectivity index (χ1v) is 4.75. The standard InChI is InChI=1S/C7H13N3O2S/c1-6(11)13-5-12-7(2,3)4-9-10-8/h4-5H2,1-3H3. The molecular weight excluding hydrogens is 190 g/mol. The minimum absolute atomic E-state index is 0.0135. The van der Waals surface area contributed by atoms with Crippen LogP contribution in [0.2, 0.25) is 0 Å². The van der Waals surface area contributed by atoms with Crippen LogP contribution in [0.5, 0.6) is 0 Å².